The van der Waals surface area contributed by atoms with E-state index in [0.29, 0.717) is 40.6 Å². The number of rotatable bonds is 7. The van der Waals surface area contributed by atoms with Crippen LogP contribution in [0.15, 0.2) is 45.8 Å². The van der Waals surface area contributed by atoms with Gasteiger partial charge in [-0.2, -0.15) is 4.31 Å². The fourth-order valence-electron chi connectivity index (χ4n) is 3.05. The van der Waals surface area contributed by atoms with E-state index in [1.165, 1.54) is 4.31 Å². The molecule has 0 radical (unpaired) electrons. The summed E-state index contributed by atoms with van der Waals surface area (Å²) in [6.07, 6.45) is 0. The lowest BCUT2D eigenvalue weighted by atomic mass is 10.2. The van der Waals surface area contributed by atoms with Crippen molar-refractivity contribution in [2.45, 2.75) is 17.2 Å². The van der Waals surface area contributed by atoms with E-state index in [2.05, 4.69) is 15.9 Å². The third kappa shape index (κ3) is 4.12. The summed E-state index contributed by atoms with van der Waals surface area (Å²) in [5.41, 5.74) is 0.844. The highest BCUT2D eigenvalue weighted by molar-refractivity contribution is 9.10. The summed E-state index contributed by atoms with van der Waals surface area (Å²) in [5, 5.41) is -0.349. The number of hydrogen-bond acceptors (Lipinski definition) is 6. The van der Waals surface area contributed by atoms with Gasteiger partial charge in [-0.05, 0) is 42.8 Å². The summed E-state index contributed by atoms with van der Waals surface area (Å²) in [7, 11) is -0.627. The van der Waals surface area contributed by atoms with Crippen molar-refractivity contribution in [2.24, 2.45) is 0 Å². The van der Waals surface area contributed by atoms with Crippen LogP contribution in [0.3, 0.4) is 0 Å². The standard InChI is InChI=1S/C19H22BrNO5S2/c1-4-26-16-8-6-14(20)12-18(16)28(22,23)21-9-10-27-19(21)13-5-7-15(24-2)17(11-13)25-3/h5-8,11-12,19H,4,9-10H2,1-3H3. The topological polar surface area (TPSA) is 65.1 Å². The minimum Gasteiger partial charge on any atom is -0.493 e. The second-order valence-electron chi connectivity index (χ2n) is 5.98. The van der Waals surface area contributed by atoms with Gasteiger partial charge in [0.05, 0.1) is 26.2 Å². The molecule has 1 aliphatic heterocycles. The first kappa shape index (κ1) is 21.3. The van der Waals surface area contributed by atoms with Crippen molar-refractivity contribution in [2.75, 3.05) is 33.1 Å². The summed E-state index contributed by atoms with van der Waals surface area (Å²) in [6, 6.07) is 10.5. The average molecular weight is 488 g/mol. The van der Waals surface area contributed by atoms with Gasteiger partial charge in [-0.1, -0.05) is 22.0 Å². The lowest BCUT2D eigenvalue weighted by Crippen LogP contribution is -2.31. The quantitative estimate of drug-likeness (QED) is 0.579. The molecular formula is C19H22BrNO5S2. The molecule has 2 aromatic carbocycles. The summed E-state index contributed by atoms with van der Waals surface area (Å²) < 4.78 is 45.4. The van der Waals surface area contributed by atoms with E-state index in [4.69, 9.17) is 14.2 Å². The van der Waals surface area contributed by atoms with Gasteiger partial charge in [0.25, 0.3) is 0 Å². The molecule has 0 amide bonds. The maximum absolute atomic E-state index is 13.5. The molecule has 1 fully saturated rings. The van der Waals surface area contributed by atoms with Gasteiger partial charge >= 0.3 is 0 Å². The number of hydrogen-bond donors (Lipinski definition) is 0. The van der Waals surface area contributed by atoms with Gasteiger partial charge in [-0.25, -0.2) is 8.42 Å². The second kappa shape index (κ2) is 8.94. The van der Waals surface area contributed by atoms with Gasteiger partial charge in [0.2, 0.25) is 10.0 Å². The number of sulfonamides is 1. The highest BCUT2D eigenvalue weighted by atomic mass is 79.9. The normalized spacial score (nSPS) is 17.5. The van der Waals surface area contributed by atoms with Crippen molar-refractivity contribution >= 4 is 37.7 Å². The lowest BCUT2D eigenvalue weighted by molar-refractivity contribution is 0.328. The van der Waals surface area contributed by atoms with Crippen molar-refractivity contribution in [1.82, 2.24) is 4.31 Å². The van der Waals surface area contributed by atoms with Gasteiger partial charge in [-0.3, -0.25) is 0 Å². The van der Waals surface area contributed by atoms with Crippen LogP contribution in [0.25, 0.3) is 0 Å². The molecular weight excluding hydrogens is 466 g/mol. The van der Waals surface area contributed by atoms with Crippen LogP contribution in [0.4, 0.5) is 0 Å². The Kier molecular flexibility index (Phi) is 6.80. The van der Waals surface area contributed by atoms with Gasteiger partial charge in [0.1, 0.15) is 10.6 Å². The van der Waals surface area contributed by atoms with Crippen LogP contribution in [0.1, 0.15) is 17.9 Å². The molecule has 1 atom stereocenters. The summed E-state index contributed by atoms with van der Waals surface area (Å²) in [6.45, 7) is 2.64. The van der Waals surface area contributed by atoms with Gasteiger partial charge in [0.15, 0.2) is 11.5 Å². The van der Waals surface area contributed by atoms with Crippen molar-refractivity contribution in [3.05, 3.63) is 46.4 Å². The fraction of sp³-hybridized carbons (Fsp3) is 0.368. The fourth-order valence-corrected chi connectivity index (χ4v) is 6.96. The van der Waals surface area contributed by atoms with Crippen LogP contribution < -0.4 is 14.2 Å². The highest BCUT2D eigenvalue weighted by Crippen LogP contribution is 2.45. The van der Waals surface area contributed by atoms with Crippen LogP contribution in [0.2, 0.25) is 0 Å². The molecule has 0 aromatic heterocycles. The Morgan fingerprint density at radius 2 is 1.82 bits per heavy atom. The molecule has 0 saturated carbocycles. The number of nitrogens with zero attached hydrogens (tertiary/aromatic N) is 1. The van der Waals surface area contributed by atoms with E-state index >= 15 is 0 Å². The molecule has 2 aromatic rings. The van der Waals surface area contributed by atoms with E-state index in [0.717, 1.165) is 5.56 Å². The third-order valence-electron chi connectivity index (χ3n) is 4.33. The van der Waals surface area contributed by atoms with Crippen LogP contribution in [0, 0.1) is 0 Å². The first-order valence-corrected chi connectivity index (χ1v) is 12.0. The monoisotopic (exact) mass is 487 g/mol. The molecule has 0 bridgehead atoms. The van der Waals surface area contributed by atoms with Crippen molar-refractivity contribution in [3.8, 4) is 17.2 Å². The zero-order valence-electron chi connectivity index (χ0n) is 15.8. The third-order valence-corrected chi connectivity index (χ3v) is 8.11. The van der Waals surface area contributed by atoms with Crippen LogP contribution in [-0.2, 0) is 10.0 Å². The van der Waals surface area contributed by atoms with E-state index in [9.17, 15) is 8.42 Å². The molecule has 1 aliphatic rings. The van der Waals surface area contributed by atoms with Crippen LogP contribution in [-0.4, -0.2) is 45.8 Å². The molecule has 0 aliphatic carbocycles. The SMILES string of the molecule is CCOc1ccc(Br)cc1S(=O)(=O)N1CCSC1c1ccc(OC)c(OC)c1. The highest BCUT2D eigenvalue weighted by Gasteiger charge is 2.38. The van der Waals surface area contributed by atoms with Crippen molar-refractivity contribution < 1.29 is 22.6 Å². The zero-order chi connectivity index (χ0) is 20.3. The molecule has 6 nitrogen and oxygen atoms in total. The number of halogens is 1. The number of thioether (sulfide) groups is 1. The summed E-state index contributed by atoms with van der Waals surface area (Å²) in [4.78, 5) is 0.164. The Bertz CT molecular complexity index is 951. The minimum atomic E-state index is -3.76. The average Bonchev–Trinajstić information content (AvgIpc) is 3.19. The van der Waals surface area contributed by atoms with Crippen molar-refractivity contribution in [3.63, 3.8) is 0 Å². The van der Waals surface area contributed by atoms with Gasteiger partial charge in [0, 0.05) is 16.8 Å². The van der Waals surface area contributed by atoms with Gasteiger partial charge < -0.3 is 14.2 Å². The zero-order valence-corrected chi connectivity index (χ0v) is 19.1. The predicted octanol–water partition coefficient (Wildman–Crippen LogP) is 4.30. The molecule has 0 spiro atoms. The molecule has 1 heterocycles. The van der Waals surface area contributed by atoms with E-state index in [1.54, 1.807) is 50.2 Å². The second-order valence-corrected chi connectivity index (χ2v) is 9.94. The van der Waals surface area contributed by atoms with E-state index in [1.807, 2.05) is 19.1 Å². The molecule has 1 unspecified atom stereocenters. The molecule has 152 valence electrons. The van der Waals surface area contributed by atoms with E-state index < -0.39 is 10.0 Å². The molecule has 9 heteroatoms. The molecule has 1 saturated heterocycles. The Labute approximate surface area is 178 Å². The molecule has 3 rings (SSSR count). The Morgan fingerprint density at radius 3 is 2.50 bits per heavy atom. The summed E-state index contributed by atoms with van der Waals surface area (Å²) in [5.74, 6) is 2.24. The largest absolute Gasteiger partial charge is 0.493 e. The smallest absolute Gasteiger partial charge is 0.248 e. The number of methoxy groups -OCH3 is 2. The lowest BCUT2D eigenvalue weighted by Gasteiger charge is -2.25. The van der Waals surface area contributed by atoms with Crippen LogP contribution >= 0.6 is 27.7 Å². The Hall–Kier alpha value is -1.42. The predicted molar refractivity (Wildman–Crippen MR) is 114 cm³/mol. The molecule has 0 N–H and O–H groups in total. The number of benzene rings is 2. The molecule has 28 heavy (non-hydrogen) atoms. The first-order valence-electron chi connectivity index (χ1n) is 8.70. The maximum Gasteiger partial charge on any atom is 0.248 e. The van der Waals surface area contributed by atoms with E-state index in [-0.39, 0.29) is 10.3 Å². The number of ether oxygens (including phenoxy) is 3. The first-order chi connectivity index (χ1) is 13.4. The van der Waals surface area contributed by atoms with Crippen molar-refractivity contribution in [1.29, 1.82) is 0 Å². The summed E-state index contributed by atoms with van der Waals surface area (Å²) >= 11 is 4.95. The Balaban J connectivity index is 2.02. The minimum absolute atomic E-state index is 0.164. The van der Waals surface area contributed by atoms with Crippen LogP contribution in [0.5, 0.6) is 17.2 Å². The van der Waals surface area contributed by atoms with Gasteiger partial charge in [-0.15, -0.1) is 11.8 Å². The maximum atomic E-state index is 13.5. The Morgan fingerprint density at radius 1 is 1.11 bits per heavy atom.